The second kappa shape index (κ2) is 4.32. The van der Waals surface area contributed by atoms with E-state index in [0.717, 1.165) is 5.56 Å². The molecule has 0 aliphatic heterocycles. The summed E-state index contributed by atoms with van der Waals surface area (Å²) in [4.78, 5) is 15.5. The Bertz CT molecular complexity index is 505. The summed E-state index contributed by atoms with van der Waals surface area (Å²) < 4.78 is 5.12. The minimum atomic E-state index is -0.525. The molecule has 2 N–H and O–H groups in total. The van der Waals surface area contributed by atoms with Crippen LogP contribution in [0.2, 0.25) is 0 Å². The molecule has 5 heteroatoms. The zero-order valence-electron chi connectivity index (χ0n) is 8.64. The van der Waals surface area contributed by atoms with Crippen molar-refractivity contribution in [1.29, 1.82) is 0 Å². The van der Waals surface area contributed by atoms with Gasteiger partial charge in [0.05, 0.1) is 5.51 Å². The van der Waals surface area contributed by atoms with Crippen LogP contribution < -0.4 is 10.5 Å². The molecular weight excluding hydrogens is 224 g/mol. The molecule has 1 aromatic heterocycles. The van der Waals surface area contributed by atoms with Gasteiger partial charge in [0, 0.05) is 0 Å². The number of benzene rings is 1. The molecule has 0 aliphatic rings. The number of nitrogens with zero attached hydrogens (tertiary/aromatic N) is 1. The number of ether oxygens (including phenoxy) is 1. The first kappa shape index (κ1) is 10.6. The molecule has 1 heterocycles. The third-order valence-corrected chi connectivity index (χ3v) is 2.68. The Morgan fingerprint density at radius 2 is 2.06 bits per heavy atom. The molecule has 1 aromatic carbocycles. The van der Waals surface area contributed by atoms with Crippen molar-refractivity contribution in [2.45, 2.75) is 6.92 Å². The lowest BCUT2D eigenvalue weighted by Crippen LogP contribution is -2.10. The third-order valence-electron chi connectivity index (χ3n) is 2.02. The van der Waals surface area contributed by atoms with Crippen molar-refractivity contribution in [3.63, 3.8) is 0 Å². The summed E-state index contributed by atoms with van der Waals surface area (Å²) in [6.45, 7) is 1.96. The maximum Gasteiger partial charge on any atom is 0.365 e. The molecule has 82 valence electrons. The number of esters is 1. The normalized spacial score (nSPS) is 10.1. The van der Waals surface area contributed by atoms with Crippen molar-refractivity contribution in [1.82, 2.24) is 4.98 Å². The monoisotopic (exact) mass is 234 g/mol. The molecule has 0 saturated carbocycles. The van der Waals surface area contributed by atoms with E-state index in [1.54, 1.807) is 12.1 Å². The molecule has 0 saturated heterocycles. The van der Waals surface area contributed by atoms with Crippen LogP contribution in [0.15, 0.2) is 29.8 Å². The Morgan fingerprint density at radius 3 is 2.62 bits per heavy atom. The minimum Gasteiger partial charge on any atom is -0.422 e. The van der Waals surface area contributed by atoms with Crippen molar-refractivity contribution in [3.8, 4) is 5.75 Å². The van der Waals surface area contributed by atoms with Gasteiger partial charge in [-0.2, -0.15) is 0 Å². The molecule has 0 unspecified atom stereocenters. The van der Waals surface area contributed by atoms with Gasteiger partial charge < -0.3 is 10.5 Å². The number of aryl methyl sites for hydroxylation is 1. The molecule has 4 nitrogen and oxygen atoms in total. The van der Waals surface area contributed by atoms with E-state index in [0.29, 0.717) is 10.8 Å². The van der Waals surface area contributed by atoms with Gasteiger partial charge in [0.25, 0.3) is 0 Å². The molecular formula is C11H10N2O2S. The van der Waals surface area contributed by atoms with Crippen molar-refractivity contribution in [2.24, 2.45) is 0 Å². The van der Waals surface area contributed by atoms with Crippen molar-refractivity contribution < 1.29 is 9.53 Å². The van der Waals surface area contributed by atoms with Gasteiger partial charge in [-0.05, 0) is 19.1 Å². The SMILES string of the molecule is Cc1ccc(OC(=O)c2ncsc2N)cc1. The summed E-state index contributed by atoms with van der Waals surface area (Å²) in [6.07, 6.45) is 0. The largest absolute Gasteiger partial charge is 0.422 e. The van der Waals surface area contributed by atoms with E-state index in [-0.39, 0.29) is 5.69 Å². The van der Waals surface area contributed by atoms with E-state index in [1.807, 2.05) is 19.1 Å². The van der Waals surface area contributed by atoms with Crippen LogP contribution >= 0.6 is 11.3 Å². The van der Waals surface area contributed by atoms with Gasteiger partial charge in [0.15, 0.2) is 5.69 Å². The van der Waals surface area contributed by atoms with Crippen LogP contribution in [0.25, 0.3) is 0 Å². The summed E-state index contributed by atoms with van der Waals surface area (Å²) in [5, 5.41) is 0.372. The van der Waals surface area contributed by atoms with Crippen LogP contribution in [0, 0.1) is 6.92 Å². The Morgan fingerprint density at radius 1 is 1.38 bits per heavy atom. The summed E-state index contributed by atoms with van der Waals surface area (Å²) in [6, 6.07) is 7.20. The fourth-order valence-electron chi connectivity index (χ4n) is 1.17. The number of rotatable bonds is 2. The first-order chi connectivity index (χ1) is 7.66. The quantitative estimate of drug-likeness (QED) is 0.639. The van der Waals surface area contributed by atoms with Gasteiger partial charge in [0.1, 0.15) is 10.8 Å². The fraction of sp³-hybridized carbons (Fsp3) is 0.0909. The number of nitrogen functional groups attached to an aromatic ring is 1. The lowest BCUT2D eigenvalue weighted by molar-refractivity contribution is 0.0730. The first-order valence-corrected chi connectivity index (χ1v) is 5.52. The number of thiazole rings is 1. The molecule has 0 bridgehead atoms. The molecule has 2 rings (SSSR count). The number of anilines is 1. The predicted octanol–water partition coefficient (Wildman–Crippen LogP) is 2.25. The smallest absolute Gasteiger partial charge is 0.365 e. The third kappa shape index (κ3) is 2.20. The number of aromatic nitrogens is 1. The molecule has 16 heavy (non-hydrogen) atoms. The molecule has 0 fully saturated rings. The van der Waals surface area contributed by atoms with Gasteiger partial charge in [-0.15, -0.1) is 11.3 Å². The molecule has 0 atom stereocenters. The second-order valence-corrected chi connectivity index (χ2v) is 4.15. The van der Waals surface area contributed by atoms with E-state index in [2.05, 4.69) is 4.98 Å². The van der Waals surface area contributed by atoms with E-state index in [1.165, 1.54) is 16.8 Å². The highest BCUT2D eigenvalue weighted by Crippen LogP contribution is 2.18. The van der Waals surface area contributed by atoms with Gasteiger partial charge in [-0.1, -0.05) is 17.7 Å². The Kier molecular flexibility index (Phi) is 2.87. The Balaban J connectivity index is 2.14. The van der Waals surface area contributed by atoms with E-state index in [9.17, 15) is 4.79 Å². The van der Waals surface area contributed by atoms with Gasteiger partial charge in [-0.25, -0.2) is 9.78 Å². The Labute approximate surface area is 96.7 Å². The number of hydrogen-bond donors (Lipinski definition) is 1. The van der Waals surface area contributed by atoms with Crippen LogP contribution in [0.1, 0.15) is 16.1 Å². The van der Waals surface area contributed by atoms with Crippen LogP contribution in [0.5, 0.6) is 5.75 Å². The number of nitrogens with two attached hydrogens (primary N) is 1. The highest BCUT2D eigenvalue weighted by Gasteiger charge is 2.14. The molecule has 0 aliphatic carbocycles. The van der Waals surface area contributed by atoms with Crippen LogP contribution in [0.4, 0.5) is 5.00 Å². The van der Waals surface area contributed by atoms with Crippen LogP contribution in [-0.2, 0) is 0 Å². The van der Waals surface area contributed by atoms with Crippen molar-refractivity contribution in [3.05, 3.63) is 41.0 Å². The standard InChI is InChI=1S/C11H10N2O2S/c1-7-2-4-8(5-3-7)15-11(14)9-10(12)16-6-13-9/h2-6H,12H2,1H3. The van der Waals surface area contributed by atoms with Gasteiger partial charge in [0.2, 0.25) is 0 Å². The first-order valence-electron chi connectivity index (χ1n) is 4.64. The summed E-state index contributed by atoms with van der Waals surface area (Å²) in [5.74, 6) is -0.0365. The van der Waals surface area contributed by atoms with E-state index < -0.39 is 5.97 Å². The topological polar surface area (TPSA) is 65.2 Å². The average Bonchev–Trinajstić information content (AvgIpc) is 2.68. The minimum absolute atomic E-state index is 0.172. The predicted molar refractivity (Wildman–Crippen MR) is 62.7 cm³/mol. The highest BCUT2D eigenvalue weighted by molar-refractivity contribution is 7.14. The maximum absolute atomic E-state index is 11.6. The van der Waals surface area contributed by atoms with Crippen molar-refractivity contribution in [2.75, 3.05) is 5.73 Å². The zero-order valence-corrected chi connectivity index (χ0v) is 9.45. The molecule has 0 spiro atoms. The number of carbonyl (C=O) groups is 1. The van der Waals surface area contributed by atoms with E-state index in [4.69, 9.17) is 10.5 Å². The maximum atomic E-state index is 11.6. The van der Waals surface area contributed by atoms with E-state index >= 15 is 0 Å². The lowest BCUT2D eigenvalue weighted by Gasteiger charge is -2.02. The van der Waals surface area contributed by atoms with Crippen LogP contribution in [0.3, 0.4) is 0 Å². The number of hydrogen-bond acceptors (Lipinski definition) is 5. The fourth-order valence-corrected chi connectivity index (χ4v) is 1.69. The highest BCUT2D eigenvalue weighted by atomic mass is 32.1. The summed E-state index contributed by atoms with van der Waals surface area (Å²) in [5.41, 5.74) is 8.37. The van der Waals surface area contributed by atoms with Gasteiger partial charge in [-0.3, -0.25) is 0 Å². The lowest BCUT2D eigenvalue weighted by atomic mass is 10.2. The summed E-state index contributed by atoms with van der Waals surface area (Å²) in [7, 11) is 0. The molecule has 0 amide bonds. The molecule has 2 aromatic rings. The van der Waals surface area contributed by atoms with Gasteiger partial charge >= 0.3 is 5.97 Å². The average molecular weight is 234 g/mol. The van der Waals surface area contributed by atoms with Crippen LogP contribution in [-0.4, -0.2) is 11.0 Å². The second-order valence-electron chi connectivity index (χ2n) is 3.27. The summed E-state index contributed by atoms with van der Waals surface area (Å²) >= 11 is 1.21. The van der Waals surface area contributed by atoms with Crippen molar-refractivity contribution >= 4 is 22.3 Å². The zero-order chi connectivity index (χ0) is 11.5. The molecule has 0 radical (unpaired) electrons. The Hall–Kier alpha value is -1.88. The number of carbonyl (C=O) groups excluding carboxylic acids is 1.